The van der Waals surface area contributed by atoms with E-state index in [2.05, 4.69) is 21.6 Å². The lowest BCUT2D eigenvalue weighted by atomic mass is 9.97. The molecule has 3 rings (SSSR count). The molecule has 5 heteroatoms. The van der Waals surface area contributed by atoms with Gasteiger partial charge in [-0.05, 0) is 69.9 Å². The minimum atomic E-state index is -0.000978. The minimum Gasteiger partial charge on any atom is -0.356 e. The Hall–Kier alpha value is -2.14. The van der Waals surface area contributed by atoms with Crippen molar-refractivity contribution >= 4 is 17.5 Å². The first-order valence-electron chi connectivity index (χ1n) is 11.1. The Morgan fingerprint density at radius 3 is 2.52 bits per heavy atom. The zero-order chi connectivity index (χ0) is 20.6. The van der Waals surface area contributed by atoms with E-state index >= 15 is 0 Å². The standard InChI is InChI=1S/C24H35N3O2/c1-18-7-6-8-19(2)24(18)26-23(29)17-27(21-11-12-21)16-14-22(28)25-15-13-20-9-4-3-5-10-20/h6-9,21H,3-5,10-17H2,1-2H3,(H,25,28)(H,26,29). The molecule has 0 radical (unpaired) electrons. The van der Waals surface area contributed by atoms with E-state index in [1.54, 1.807) is 0 Å². The van der Waals surface area contributed by atoms with E-state index in [1.165, 1.54) is 31.3 Å². The van der Waals surface area contributed by atoms with Gasteiger partial charge in [-0.1, -0.05) is 29.8 Å². The monoisotopic (exact) mass is 397 g/mol. The molecule has 0 spiro atoms. The summed E-state index contributed by atoms with van der Waals surface area (Å²) in [5.41, 5.74) is 4.54. The highest BCUT2D eigenvalue weighted by Crippen LogP contribution is 2.27. The fraction of sp³-hybridized carbons (Fsp3) is 0.583. The van der Waals surface area contributed by atoms with Gasteiger partial charge in [-0.2, -0.15) is 0 Å². The van der Waals surface area contributed by atoms with E-state index in [4.69, 9.17) is 0 Å². The van der Waals surface area contributed by atoms with Crippen molar-refractivity contribution in [2.75, 3.05) is 25.0 Å². The van der Waals surface area contributed by atoms with E-state index in [-0.39, 0.29) is 11.8 Å². The predicted octanol–water partition coefficient (Wildman–Crippen LogP) is 4.10. The number of nitrogens with one attached hydrogen (secondary N) is 2. The van der Waals surface area contributed by atoms with Crippen molar-refractivity contribution in [1.29, 1.82) is 0 Å². The van der Waals surface area contributed by atoms with Crippen molar-refractivity contribution in [1.82, 2.24) is 10.2 Å². The lowest BCUT2D eigenvalue weighted by Crippen LogP contribution is -2.38. The zero-order valence-electron chi connectivity index (χ0n) is 17.9. The van der Waals surface area contributed by atoms with Gasteiger partial charge in [0, 0.05) is 31.2 Å². The summed E-state index contributed by atoms with van der Waals surface area (Å²) >= 11 is 0. The first kappa shape index (κ1) is 21.6. The van der Waals surface area contributed by atoms with Crippen molar-refractivity contribution in [3.8, 4) is 0 Å². The number of benzene rings is 1. The highest BCUT2D eigenvalue weighted by atomic mass is 16.2. The molecule has 2 aliphatic carbocycles. The van der Waals surface area contributed by atoms with Crippen LogP contribution in [-0.4, -0.2) is 42.4 Å². The number of hydrogen-bond donors (Lipinski definition) is 2. The smallest absolute Gasteiger partial charge is 0.238 e. The fourth-order valence-electron chi connectivity index (χ4n) is 4.03. The number of anilines is 1. The molecule has 1 saturated carbocycles. The van der Waals surface area contributed by atoms with E-state index in [1.807, 2.05) is 32.0 Å². The molecule has 29 heavy (non-hydrogen) atoms. The normalized spacial score (nSPS) is 16.4. The number of amides is 2. The van der Waals surface area contributed by atoms with Crippen LogP contribution < -0.4 is 10.6 Å². The second kappa shape index (κ2) is 10.6. The van der Waals surface area contributed by atoms with E-state index in [0.717, 1.165) is 42.6 Å². The first-order chi connectivity index (χ1) is 14.0. The average Bonchev–Trinajstić information content (AvgIpc) is 3.54. The number of allylic oxidation sites excluding steroid dienone is 1. The van der Waals surface area contributed by atoms with Crippen LogP contribution in [0.25, 0.3) is 0 Å². The number of nitrogens with zero attached hydrogens (tertiary/aromatic N) is 1. The van der Waals surface area contributed by atoms with Crippen LogP contribution in [0.5, 0.6) is 0 Å². The predicted molar refractivity (Wildman–Crippen MR) is 118 cm³/mol. The van der Waals surface area contributed by atoms with Gasteiger partial charge in [0.25, 0.3) is 0 Å². The van der Waals surface area contributed by atoms with Crippen LogP contribution in [0.15, 0.2) is 29.8 Å². The van der Waals surface area contributed by atoms with Gasteiger partial charge in [-0.15, -0.1) is 0 Å². The minimum absolute atomic E-state index is 0.000978. The van der Waals surface area contributed by atoms with Crippen molar-refractivity contribution in [3.05, 3.63) is 41.0 Å². The summed E-state index contributed by atoms with van der Waals surface area (Å²) in [6.45, 7) is 5.73. The maximum absolute atomic E-state index is 12.6. The van der Waals surface area contributed by atoms with Gasteiger partial charge < -0.3 is 10.6 Å². The van der Waals surface area contributed by atoms with Crippen LogP contribution in [0.2, 0.25) is 0 Å². The van der Waals surface area contributed by atoms with Gasteiger partial charge in [0.05, 0.1) is 6.54 Å². The summed E-state index contributed by atoms with van der Waals surface area (Å²) in [6, 6.07) is 6.46. The van der Waals surface area contributed by atoms with E-state index in [9.17, 15) is 9.59 Å². The molecule has 158 valence electrons. The number of carbonyl (C=O) groups is 2. The Morgan fingerprint density at radius 1 is 1.10 bits per heavy atom. The van der Waals surface area contributed by atoms with Gasteiger partial charge in [0.1, 0.15) is 0 Å². The van der Waals surface area contributed by atoms with Crippen molar-refractivity contribution in [3.63, 3.8) is 0 Å². The van der Waals surface area contributed by atoms with Crippen molar-refractivity contribution in [2.24, 2.45) is 0 Å². The molecule has 0 atom stereocenters. The van der Waals surface area contributed by atoms with Gasteiger partial charge >= 0.3 is 0 Å². The molecule has 0 heterocycles. The summed E-state index contributed by atoms with van der Waals surface area (Å²) < 4.78 is 0. The van der Waals surface area contributed by atoms with Crippen LogP contribution in [0.3, 0.4) is 0 Å². The van der Waals surface area contributed by atoms with Crippen LogP contribution in [-0.2, 0) is 9.59 Å². The number of aryl methyl sites for hydroxylation is 2. The Labute approximate surface area is 174 Å². The Kier molecular flexibility index (Phi) is 7.87. The third-order valence-electron chi connectivity index (χ3n) is 5.93. The maximum Gasteiger partial charge on any atom is 0.238 e. The average molecular weight is 398 g/mol. The van der Waals surface area contributed by atoms with Crippen molar-refractivity contribution in [2.45, 2.75) is 71.3 Å². The summed E-state index contributed by atoms with van der Waals surface area (Å²) in [4.78, 5) is 27.0. The molecule has 0 aliphatic heterocycles. The maximum atomic E-state index is 12.6. The summed E-state index contributed by atoms with van der Waals surface area (Å²) in [5.74, 6) is 0.0844. The number of carbonyl (C=O) groups excluding carboxylic acids is 2. The van der Waals surface area contributed by atoms with Crippen LogP contribution in [0.4, 0.5) is 5.69 Å². The second-order valence-corrected chi connectivity index (χ2v) is 8.47. The Bertz CT molecular complexity index is 732. The molecular weight excluding hydrogens is 362 g/mol. The first-order valence-corrected chi connectivity index (χ1v) is 11.1. The third kappa shape index (κ3) is 7.00. The van der Waals surface area contributed by atoms with Crippen LogP contribution in [0.1, 0.15) is 62.5 Å². The number of rotatable bonds is 10. The summed E-state index contributed by atoms with van der Waals surface area (Å²) in [6.07, 6.45) is 10.9. The number of hydrogen-bond acceptors (Lipinski definition) is 3. The zero-order valence-corrected chi connectivity index (χ0v) is 17.9. The van der Waals surface area contributed by atoms with E-state index < -0.39 is 0 Å². The molecule has 2 aliphatic rings. The molecular formula is C24H35N3O2. The van der Waals surface area contributed by atoms with Gasteiger partial charge in [0.2, 0.25) is 11.8 Å². The molecule has 1 aromatic rings. The molecule has 0 unspecified atom stereocenters. The molecule has 2 N–H and O–H groups in total. The lowest BCUT2D eigenvalue weighted by Gasteiger charge is -2.22. The molecule has 0 aromatic heterocycles. The molecule has 2 amide bonds. The molecule has 1 aromatic carbocycles. The largest absolute Gasteiger partial charge is 0.356 e. The summed E-state index contributed by atoms with van der Waals surface area (Å²) in [5, 5.41) is 6.11. The van der Waals surface area contributed by atoms with Crippen LogP contribution >= 0.6 is 0 Å². The molecule has 1 fully saturated rings. The Balaban J connectivity index is 1.41. The Morgan fingerprint density at radius 2 is 1.86 bits per heavy atom. The lowest BCUT2D eigenvalue weighted by molar-refractivity contribution is -0.122. The van der Waals surface area contributed by atoms with Crippen molar-refractivity contribution < 1.29 is 9.59 Å². The second-order valence-electron chi connectivity index (χ2n) is 8.47. The number of para-hydroxylation sites is 1. The van der Waals surface area contributed by atoms with Gasteiger partial charge in [-0.25, -0.2) is 0 Å². The topological polar surface area (TPSA) is 61.4 Å². The highest BCUT2D eigenvalue weighted by Gasteiger charge is 2.30. The van der Waals surface area contributed by atoms with E-state index in [0.29, 0.717) is 25.6 Å². The van der Waals surface area contributed by atoms with Gasteiger partial charge in [0.15, 0.2) is 0 Å². The molecule has 0 saturated heterocycles. The highest BCUT2D eigenvalue weighted by molar-refractivity contribution is 5.93. The molecule has 5 nitrogen and oxygen atoms in total. The fourth-order valence-corrected chi connectivity index (χ4v) is 4.03. The van der Waals surface area contributed by atoms with Gasteiger partial charge in [-0.3, -0.25) is 14.5 Å². The SMILES string of the molecule is Cc1cccc(C)c1NC(=O)CN(CCC(=O)NCCC1=CCCCC1)C1CC1. The van der Waals surface area contributed by atoms with Crippen LogP contribution in [0, 0.1) is 13.8 Å². The quantitative estimate of drug-likeness (QED) is 0.584. The molecule has 0 bridgehead atoms. The third-order valence-corrected chi connectivity index (χ3v) is 5.93. The summed E-state index contributed by atoms with van der Waals surface area (Å²) in [7, 11) is 0.